The molecule has 3 aromatic rings. The van der Waals surface area contributed by atoms with Crippen LogP contribution in [0.4, 0.5) is 5.95 Å². The smallest absolute Gasteiger partial charge is 0.223 e. The number of rotatable bonds is 2. The Bertz CT molecular complexity index is 894. The van der Waals surface area contributed by atoms with Gasteiger partial charge in [0.05, 0.1) is 11.6 Å². The van der Waals surface area contributed by atoms with E-state index in [1.807, 2.05) is 13.8 Å². The van der Waals surface area contributed by atoms with Crippen LogP contribution in [-0.2, 0) is 6.54 Å². The molecule has 0 aliphatic carbocycles. The van der Waals surface area contributed by atoms with Gasteiger partial charge >= 0.3 is 0 Å². The molecule has 0 saturated carbocycles. The second-order valence-corrected chi connectivity index (χ2v) is 6.77. The molecule has 7 nitrogen and oxygen atoms in total. The van der Waals surface area contributed by atoms with E-state index in [0.717, 1.165) is 24.8 Å². The van der Waals surface area contributed by atoms with Gasteiger partial charge in [-0.25, -0.2) is 9.67 Å². The van der Waals surface area contributed by atoms with Gasteiger partial charge in [-0.05, 0) is 52.4 Å². The third-order valence-electron chi connectivity index (χ3n) is 3.45. The zero-order valence-corrected chi connectivity index (χ0v) is 15.6. The first-order valence-electron chi connectivity index (χ1n) is 6.40. The molecule has 3 aromatic heterocycles. The van der Waals surface area contributed by atoms with Crippen molar-refractivity contribution in [3.63, 3.8) is 0 Å². The lowest BCUT2D eigenvalue weighted by Gasteiger charge is -2.11. The molecule has 0 spiro atoms. The molecule has 0 aliphatic heterocycles. The molecule has 0 aliphatic rings. The molecule has 0 fully saturated rings. The Balaban J connectivity index is 2.14. The van der Waals surface area contributed by atoms with E-state index in [1.54, 1.807) is 17.1 Å². The van der Waals surface area contributed by atoms with Crippen LogP contribution < -0.4 is 10.5 Å². The highest BCUT2D eigenvalue weighted by molar-refractivity contribution is 14.1. The molecule has 2 N–H and O–H groups in total. The first-order chi connectivity index (χ1) is 10.4. The van der Waals surface area contributed by atoms with Crippen molar-refractivity contribution in [1.29, 1.82) is 0 Å². The van der Waals surface area contributed by atoms with Gasteiger partial charge in [0, 0.05) is 14.7 Å². The molecule has 0 radical (unpaired) electrons. The average Bonchev–Trinajstić information content (AvgIpc) is 2.84. The van der Waals surface area contributed by atoms with Crippen LogP contribution in [0.3, 0.4) is 0 Å². The van der Waals surface area contributed by atoms with Crippen molar-refractivity contribution in [2.75, 3.05) is 5.73 Å². The summed E-state index contributed by atoms with van der Waals surface area (Å²) in [5.74, 6) is 0.159. The highest BCUT2D eigenvalue weighted by atomic mass is 127. The molecular weight excluding hydrogens is 463 g/mol. The summed E-state index contributed by atoms with van der Waals surface area (Å²) in [6.45, 7) is 4.17. The predicted octanol–water partition coefficient (Wildman–Crippen LogP) is 2.07. The second-order valence-electron chi connectivity index (χ2n) is 4.94. The van der Waals surface area contributed by atoms with Crippen LogP contribution in [0.25, 0.3) is 11.0 Å². The first kappa shape index (κ1) is 15.4. The van der Waals surface area contributed by atoms with Crippen molar-refractivity contribution >= 4 is 55.5 Å². The number of pyridine rings is 1. The van der Waals surface area contributed by atoms with Crippen LogP contribution >= 0.6 is 38.5 Å². The molecule has 22 heavy (non-hydrogen) atoms. The third-order valence-corrected chi connectivity index (χ3v) is 5.72. The van der Waals surface area contributed by atoms with Gasteiger partial charge in [-0.15, -0.1) is 0 Å². The van der Waals surface area contributed by atoms with Gasteiger partial charge in [-0.3, -0.25) is 0 Å². The summed E-state index contributed by atoms with van der Waals surface area (Å²) >= 11 is 5.59. The number of hydrogen-bond acceptors (Lipinski definition) is 5. The largest absolute Gasteiger partial charge is 0.618 e. The maximum absolute atomic E-state index is 12.2. The zero-order valence-electron chi connectivity index (χ0n) is 11.8. The first-order valence-corrected chi connectivity index (χ1v) is 8.28. The summed E-state index contributed by atoms with van der Waals surface area (Å²) in [4.78, 5) is 8.26. The summed E-state index contributed by atoms with van der Waals surface area (Å²) in [7, 11) is 0. The van der Waals surface area contributed by atoms with E-state index in [9.17, 15) is 5.21 Å². The van der Waals surface area contributed by atoms with Gasteiger partial charge in [-0.1, -0.05) is 0 Å². The zero-order chi connectivity index (χ0) is 16.0. The fourth-order valence-electron chi connectivity index (χ4n) is 2.28. The number of hydrogen-bond donors (Lipinski definition) is 1. The summed E-state index contributed by atoms with van der Waals surface area (Å²) in [6, 6.07) is 0. The molecule has 3 rings (SSSR count). The van der Waals surface area contributed by atoms with Crippen molar-refractivity contribution in [2.45, 2.75) is 20.4 Å². The Morgan fingerprint density at radius 3 is 2.86 bits per heavy atom. The summed E-state index contributed by atoms with van der Waals surface area (Å²) < 4.78 is 4.21. The number of halogens is 2. The maximum atomic E-state index is 12.2. The van der Waals surface area contributed by atoms with Crippen LogP contribution in [0.5, 0.6) is 0 Å². The SMILES string of the molecule is Cc1c[n+]([O-])c(Cn2ncc3c(Br)nc(N)nc32)c(C)c1I. The van der Waals surface area contributed by atoms with Gasteiger partial charge < -0.3 is 10.9 Å². The summed E-state index contributed by atoms with van der Waals surface area (Å²) in [5, 5.41) is 17.3. The van der Waals surface area contributed by atoms with E-state index in [0.29, 0.717) is 22.5 Å². The van der Waals surface area contributed by atoms with Gasteiger partial charge in [0.15, 0.2) is 11.8 Å². The molecule has 0 saturated heterocycles. The molecule has 0 unspecified atom stereocenters. The van der Waals surface area contributed by atoms with Crippen LogP contribution in [0, 0.1) is 22.6 Å². The summed E-state index contributed by atoms with van der Waals surface area (Å²) in [6.07, 6.45) is 3.23. The van der Waals surface area contributed by atoms with Crippen molar-refractivity contribution in [1.82, 2.24) is 19.7 Å². The van der Waals surface area contributed by atoms with E-state index in [4.69, 9.17) is 5.73 Å². The Labute approximate surface area is 148 Å². The lowest BCUT2D eigenvalue weighted by Crippen LogP contribution is -2.35. The molecule has 0 bridgehead atoms. The van der Waals surface area contributed by atoms with Gasteiger partial charge in [0.25, 0.3) is 0 Å². The summed E-state index contributed by atoms with van der Waals surface area (Å²) in [5.41, 5.74) is 8.81. The van der Waals surface area contributed by atoms with Crippen LogP contribution in [-0.4, -0.2) is 19.7 Å². The van der Waals surface area contributed by atoms with Crippen molar-refractivity contribution in [3.05, 3.63) is 42.6 Å². The quantitative estimate of drug-likeness (QED) is 0.265. The number of fused-ring (bicyclic) bond motifs is 1. The molecule has 0 amide bonds. The average molecular weight is 475 g/mol. The monoisotopic (exact) mass is 474 g/mol. The fraction of sp³-hybridized carbons (Fsp3) is 0.231. The number of nitrogens with two attached hydrogens (primary N) is 1. The van der Waals surface area contributed by atoms with Crippen LogP contribution in [0.2, 0.25) is 0 Å². The van der Waals surface area contributed by atoms with E-state index in [2.05, 4.69) is 53.6 Å². The molecule has 0 aromatic carbocycles. The molecule has 3 heterocycles. The van der Waals surface area contributed by atoms with E-state index in [-0.39, 0.29) is 5.95 Å². The van der Waals surface area contributed by atoms with Crippen molar-refractivity contribution < 1.29 is 4.73 Å². The molecular formula is C13H12BrIN6O. The number of anilines is 1. The predicted molar refractivity (Wildman–Crippen MR) is 94.1 cm³/mol. The minimum absolute atomic E-state index is 0.159. The Morgan fingerprint density at radius 2 is 2.14 bits per heavy atom. The van der Waals surface area contributed by atoms with E-state index in [1.165, 1.54) is 0 Å². The van der Waals surface area contributed by atoms with Crippen LogP contribution in [0.1, 0.15) is 16.8 Å². The Morgan fingerprint density at radius 1 is 1.41 bits per heavy atom. The van der Waals surface area contributed by atoms with Crippen LogP contribution in [0.15, 0.2) is 17.0 Å². The normalized spacial score (nSPS) is 11.3. The number of nitrogens with zero attached hydrogens (tertiary/aromatic N) is 5. The molecule has 9 heteroatoms. The Kier molecular flexibility index (Phi) is 3.93. The highest BCUT2D eigenvalue weighted by Gasteiger charge is 2.19. The number of aryl methyl sites for hydroxylation is 1. The second kappa shape index (κ2) is 5.61. The van der Waals surface area contributed by atoms with Gasteiger partial charge in [-0.2, -0.15) is 14.8 Å². The minimum Gasteiger partial charge on any atom is -0.618 e. The standard InChI is InChI=1S/C13H12BrIN6O/c1-6-4-21(22)9(7(2)10(6)15)5-20-12-8(3-17-20)11(14)18-13(16)19-12/h3-4H,5H2,1-2H3,(H2,16,18,19). The van der Waals surface area contributed by atoms with Gasteiger partial charge in [0.2, 0.25) is 11.6 Å². The van der Waals surface area contributed by atoms with Gasteiger partial charge in [0.1, 0.15) is 11.1 Å². The Hall–Kier alpha value is -1.49. The number of nitrogen functional groups attached to an aromatic ring is 1. The van der Waals surface area contributed by atoms with E-state index < -0.39 is 0 Å². The lowest BCUT2D eigenvalue weighted by molar-refractivity contribution is -0.615. The van der Waals surface area contributed by atoms with Crippen molar-refractivity contribution in [2.24, 2.45) is 0 Å². The highest BCUT2D eigenvalue weighted by Crippen LogP contribution is 2.23. The topological polar surface area (TPSA) is 96.6 Å². The lowest BCUT2D eigenvalue weighted by atomic mass is 10.1. The van der Waals surface area contributed by atoms with Crippen molar-refractivity contribution in [3.8, 4) is 0 Å². The van der Waals surface area contributed by atoms with E-state index >= 15 is 0 Å². The number of aromatic nitrogens is 5. The third kappa shape index (κ3) is 2.51. The molecule has 0 atom stereocenters. The molecule has 114 valence electrons. The fourth-order valence-corrected chi connectivity index (χ4v) is 3.19. The minimum atomic E-state index is 0.159. The maximum Gasteiger partial charge on any atom is 0.223 e.